The van der Waals surface area contributed by atoms with Gasteiger partial charge >= 0.3 is 0 Å². The van der Waals surface area contributed by atoms with Crippen molar-refractivity contribution >= 4 is 11.7 Å². The quantitative estimate of drug-likeness (QED) is 0.341. The van der Waals surface area contributed by atoms with Gasteiger partial charge in [-0.2, -0.15) is 0 Å². The Bertz CT molecular complexity index is 1310. The Morgan fingerprint density at radius 3 is 2.53 bits per heavy atom. The highest BCUT2D eigenvalue weighted by Crippen LogP contribution is 2.55. The fourth-order valence-corrected chi connectivity index (χ4v) is 7.03. The summed E-state index contributed by atoms with van der Waals surface area (Å²) in [6, 6.07) is 0.582. The zero-order valence-electron chi connectivity index (χ0n) is 21.6. The minimum absolute atomic E-state index is 0.00346. The average molecular weight is 528 g/mol. The summed E-state index contributed by atoms with van der Waals surface area (Å²) in [5.41, 5.74) is 2.41. The topological polar surface area (TPSA) is 156 Å². The second-order valence-electron chi connectivity index (χ2n) is 11.2. The van der Waals surface area contributed by atoms with E-state index in [0.717, 1.165) is 25.7 Å². The largest absolute Gasteiger partial charge is 0.510 e. The number of phenols is 1. The first-order valence-corrected chi connectivity index (χ1v) is 13.0. The van der Waals surface area contributed by atoms with Crippen molar-refractivity contribution in [3.63, 3.8) is 0 Å². The van der Waals surface area contributed by atoms with E-state index in [4.69, 9.17) is 5.73 Å². The number of halogens is 1. The van der Waals surface area contributed by atoms with Crippen LogP contribution >= 0.6 is 0 Å². The summed E-state index contributed by atoms with van der Waals surface area (Å²) >= 11 is 0. The number of aliphatic hydroxyl groups is 3. The molecule has 1 amide bonds. The number of nitrogens with one attached hydrogen (secondary N) is 1. The number of fused-ring (bicyclic) bond motifs is 3. The fourth-order valence-electron chi connectivity index (χ4n) is 7.03. The molecule has 10 heteroatoms. The lowest BCUT2D eigenvalue weighted by atomic mass is 9.57. The van der Waals surface area contributed by atoms with Crippen LogP contribution in [0.4, 0.5) is 4.39 Å². The predicted octanol–water partition coefficient (Wildman–Crippen LogP) is 2.28. The van der Waals surface area contributed by atoms with Crippen molar-refractivity contribution in [3.05, 3.63) is 63.4 Å². The Morgan fingerprint density at radius 2 is 1.92 bits per heavy atom. The summed E-state index contributed by atoms with van der Waals surface area (Å²) in [4.78, 5) is 27.4. The van der Waals surface area contributed by atoms with E-state index in [1.54, 1.807) is 19.0 Å². The minimum Gasteiger partial charge on any atom is -0.510 e. The van der Waals surface area contributed by atoms with Crippen LogP contribution in [-0.4, -0.2) is 68.8 Å². The number of nitrogens with zero attached hydrogens (tertiary/aromatic N) is 1. The van der Waals surface area contributed by atoms with Crippen LogP contribution in [0.15, 0.2) is 40.9 Å². The number of aliphatic hydroxyl groups excluding tert-OH is 2. The van der Waals surface area contributed by atoms with E-state index in [2.05, 4.69) is 11.9 Å². The molecule has 4 aliphatic carbocycles. The summed E-state index contributed by atoms with van der Waals surface area (Å²) < 4.78 is 15.8. The summed E-state index contributed by atoms with van der Waals surface area (Å²) in [5, 5.41) is 48.3. The van der Waals surface area contributed by atoms with Crippen LogP contribution < -0.4 is 11.1 Å². The number of benzene rings is 1. The van der Waals surface area contributed by atoms with Crippen LogP contribution in [0.1, 0.15) is 53.6 Å². The highest BCUT2D eigenvalue weighted by atomic mass is 19.1. The highest BCUT2D eigenvalue weighted by Gasteiger charge is 2.60. The Balaban J connectivity index is 1.60. The second kappa shape index (κ2) is 9.21. The first-order valence-electron chi connectivity index (χ1n) is 13.0. The van der Waals surface area contributed by atoms with Gasteiger partial charge in [0.15, 0.2) is 11.4 Å². The number of Topliss-reactive ketones (excluding diaryl/α,β-unsaturated/α-hetero) is 1. The van der Waals surface area contributed by atoms with E-state index in [1.807, 2.05) is 0 Å². The fraction of sp³-hybridized carbons (Fsp3) is 0.500. The van der Waals surface area contributed by atoms with Crippen molar-refractivity contribution in [1.29, 1.82) is 0 Å². The lowest BCUT2D eigenvalue weighted by Gasteiger charge is -2.52. The van der Waals surface area contributed by atoms with Gasteiger partial charge < -0.3 is 31.5 Å². The molecule has 7 N–H and O–H groups in total. The molecule has 0 spiro atoms. The van der Waals surface area contributed by atoms with E-state index in [9.17, 15) is 30.0 Å². The van der Waals surface area contributed by atoms with Gasteiger partial charge in [-0.05, 0) is 51.8 Å². The second-order valence-corrected chi connectivity index (χ2v) is 11.2. The number of primary amides is 1. The Hall–Kier alpha value is -3.21. The number of amides is 1. The molecule has 1 aromatic carbocycles. The molecule has 1 aromatic rings. The summed E-state index contributed by atoms with van der Waals surface area (Å²) in [7, 11) is 3.26. The SMILES string of the molecule is C=C1C(C(N)=O)=C(O)[C@@H](N(C)C)[C@@H]2C[C@@H]3Cc4c(F)c(CNC5CCCC5)cc(O)c4C(=O)C3=C(O)[C@]12O. The number of aromatic hydroxyl groups is 1. The van der Waals surface area contributed by atoms with Gasteiger partial charge in [0.1, 0.15) is 23.1 Å². The van der Waals surface area contributed by atoms with Gasteiger partial charge in [-0.3, -0.25) is 14.5 Å². The molecule has 38 heavy (non-hydrogen) atoms. The van der Waals surface area contributed by atoms with E-state index < -0.39 is 58.1 Å². The van der Waals surface area contributed by atoms with Crippen LogP contribution in [0.2, 0.25) is 0 Å². The minimum atomic E-state index is -2.27. The maximum atomic E-state index is 15.8. The Labute approximate surface area is 220 Å². The number of rotatable bonds is 5. The number of allylic oxidation sites excluding steroid dienone is 1. The zero-order chi connectivity index (χ0) is 27.7. The Kier molecular flexibility index (Phi) is 6.40. The molecule has 1 saturated carbocycles. The smallest absolute Gasteiger partial charge is 0.252 e. The molecule has 0 radical (unpaired) electrons. The van der Waals surface area contributed by atoms with Crippen LogP contribution in [0.5, 0.6) is 5.75 Å². The molecule has 4 aliphatic rings. The zero-order valence-corrected chi connectivity index (χ0v) is 21.6. The van der Waals surface area contributed by atoms with Crippen molar-refractivity contribution in [2.45, 2.75) is 62.8 Å². The van der Waals surface area contributed by atoms with Gasteiger partial charge in [0, 0.05) is 40.8 Å². The standard InChI is InChI=1S/C28H34FN3O6/c1-12-19(27(30)37)25(35)23(32(2)3)17-9-13-8-16-21(24(34)20(13)26(36)28(12,17)38)18(33)10-14(22(16)29)11-31-15-6-4-5-7-15/h10,13,15,17,23,31,33,35-36,38H,1,4-9,11H2,2-3H3,(H2,30,37)/t13-,17-,23-,28-/m0/s1. The third kappa shape index (κ3) is 3.69. The van der Waals surface area contributed by atoms with E-state index in [1.165, 1.54) is 6.07 Å². The molecule has 1 fully saturated rings. The normalized spacial score (nSPS) is 29.6. The molecular weight excluding hydrogens is 493 g/mol. The van der Waals surface area contributed by atoms with Gasteiger partial charge in [0.25, 0.3) is 5.91 Å². The molecule has 0 aliphatic heterocycles. The first-order chi connectivity index (χ1) is 17.9. The molecule has 0 heterocycles. The molecule has 0 bridgehead atoms. The molecule has 204 valence electrons. The number of hydrogen-bond acceptors (Lipinski definition) is 8. The lowest BCUT2D eigenvalue weighted by molar-refractivity contribution is -0.115. The summed E-state index contributed by atoms with van der Waals surface area (Å²) in [6.45, 7) is 3.97. The van der Waals surface area contributed by atoms with Crippen molar-refractivity contribution in [1.82, 2.24) is 10.2 Å². The molecule has 0 aromatic heterocycles. The highest BCUT2D eigenvalue weighted by molar-refractivity contribution is 6.13. The molecule has 0 unspecified atom stereocenters. The van der Waals surface area contributed by atoms with Crippen LogP contribution in [0.25, 0.3) is 0 Å². The third-order valence-electron chi connectivity index (χ3n) is 8.86. The molecule has 5 rings (SSSR count). The maximum Gasteiger partial charge on any atom is 0.252 e. The molecular formula is C28H34FN3O6. The average Bonchev–Trinajstić information content (AvgIpc) is 3.36. The van der Waals surface area contributed by atoms with Crippen LogP contribution in [0.3, 0.4) is 0 Å². The number of ketones is 1. The van der Waals surface area contributed by atoms with Crippen LogP contribution in [-0.2, 0) is 17.8 Å². The monoisotopic (exact) mass is 527 g/mol. The predicted molar refractivity (Wildman–Crippen MR) is 137 cm³/mol. The number of likely N-dealkylation sites (N-methyl/N-ethyl adjacent to an activating group) is 1. The van der Waals surface area contributed by atoms with Gasteiger partial charge in [0.05, 0.1) is 17.2 Å². The Morgan fingerprint density at radius 1 is 1.26 bits per heavy atom. The summed E-state index contributed by atoms with van der Waals surface area (Å²) in [6.07, 6.45) is 4.32. The van der Waals surface area contributed by atoms with E-state index in [-0.39, 0.29) is 59.0 Å². The van der Waals surface area contributed by atoms with Crippen molar-refractivity contribution < 1.29 is 34.4 Å². The van der Waals surface area contributed by atoms with Crippen molar-refractivity contribution in [3.8, 4) is 5.75 Å². The third-order valence-corrected chi connectivity index (χ3v) is 8.86. The van der Waals surface area contributed by atoms with Crippen molar-refractivity contribution in [2.75, 3.05) is 14.1 Å². The van der Waals surface area contributed by atoms with Gasteiger partial charge in [0.2, 0.25) is 0 Å². The lowest BCUT2D eigenvalue weighted by Crippen LogP contribution is -2.60. The number of nitrogens with two attached hydrogens (primary N) is 1. The molecule has 9 nitrogen and oxygen atoms in total. The number of carbonyl (C=O) groups excluding carboxylic acids is 2. The van der Waals surface area contributed by atoms with E-state index >= 15 is 4.39 Å². The van der Waals surface area contributed by atoms with Crippen LogP contribution in [0, 0.1) is 17.7 Å². The number of carbonyl (C=O) groups is 2. The molecule has 0 saturated heterocycles. The van der Waals surface area contributed by atoms with E-state index in [0.29, 0.717) is 0 Å². The van der Waals surface area contributed by atoms with Gasteiger partial charge in [-0.15, -0.1) is 0 Å². The maximum absolute atomic E-state index is 15.8. The van der Waals surface area contributed by atoms with Crippen molar-refractivity contribution in [2.24, 2.45) is 17.6 Å². The van der Waals surface area contributed by atoms with Gasteiger partial charge in [-0.25, -0.2) is 4.39 Å². The molecule has 4 atom stereocenters. The number of phenolic OH excluding ortho intramolecular Hbond substituents is 1. The summed E-state index contributed by atoms with van der Waals surface area (Å²) in [5.74, 6) is -5.52. The number of hydrogen-bond donors (Lipinski definition) is 6. The first kappa shape index (κ1) is 26.4. The van der Waals surface area contributed by atoms with Gasteiger partial charge in [-0.1, -0.05) is 19.4 Å².